The van der Waals surface area contributed by atoms with Crippen LogP contribution >= 0.6 is 0 Å². The molecule has 21 heavy (non-hydrogen) atoms. The summed E-state index contributed by atoms with van der Waals surface area (Å²) in [4.78, 5) is 20.1. The first-order chi connectivity index (χ1) is 10.0. The lowest BCUT2D eigenvalue weighted by atomic mass is 10.2. The van der Waals surface area contributed by atoms with E-state index >= 15 is 0 Å². The number of ether oxygens (including phenoxy) is 1. The fourth-order valence-corrected chi connectivity index (χ4v) is 1.96. The minimum atomic E-state index is -0.398. The van der Waals surface area contributed by atoms with Gasteiger partial charge in [-0.1, -0.05) is 0 Å². The number of carbonyl (C=O) groups excluding carboxylic acids is 1. The number of esters is 1. The highest BCUT2D eigenvalue weighted by Crippen LogP contribution is 2.11. The molecule has 0 spiro atoms. The molecule has 0 amide bonds. The summed E-state index contributed by atoms with van der Waals surface area (Å²) >= 11 is 0. The smallest absolute Gasteiger partial charge is 0.341 e. The van der Waals surface area contributed by atoms with Crippen LogP contribution in [0.5, 0.6) is 0 Å². The van der Waals surface area contributed by atoms with Crippen LogP contribution in [-0.2, 0) is 18.3 Å². The number of hydrogen-bond acceptors (Lipinski definition) is 6. The van der Waals surface area contributed by atoms with Gasteiger partial charge in [0.25, 0.3) is 0 Å². The first kappa shape index (κ1) is 15.0. The van der Waals surface area contributed by atoms with Gasteiger partial charge in [0.15, 0.2) is 0 Å². The molecule has 7 nitrogen and oxygen atoms in total. The Morgan fingerprint density at radius 1 is 1.38 bits per heavy atom. The van der Waals surface area contributed by atoms with Gasteiger partial charge in [0.2, 0.25) is 5.95 Å². The van der Waals surface area contributed by atoms with E-state index in [0.717, 1.165) is 11.3 Å². The summed E-state index contributed by atoms with van der Waals surface area (Å²) in [6.45, 7) is 6.39. The first-order valence-electron chi connectivity index (χ1n) is 6.75. The third kappa shape index (κ3) is 3.56. The second kappa shape index (κ2) is 6.34. The van der Waals surface area contributed by atoms with E-state index in [4.69, 9.17) is 4.74 Å². The maximum atomic E-state index is 11.7. The van der Waals surface area contributed by atoms with Gasteiger partial charge in [-0.2, -0.15) is 5.10 Å². The summed E-state index contributed by atoms with van der Waals surface area (Å²) in [6.07, 6.45) is 3.43. The van der Waals surface area contributed by atoms with Gasteiger partial charge in [0, 0.05) is 31.5 Å². The number of carbonyl (C=O) groups is 1. The number of rotatable bonds is 5. The highest BCUT2D eigenvalue weighted by Gasteiger charge is 2.12. The van der Waals surface area contributed by atoms with Crippen LogP contribution in [0.2, 0.25) is 0 Å². The molecule has 0 bridgehead atoms. The molecule has 2 aromatic rings. The minimum absolute atomic E-state index is 0.332. The maximum absolute atomic E-state index is 11.7. The van der Waals surface area contributed by atoms with E-state index < -0.39 is 5.97 Å². The summed E-state index contributed by atoms with van der Waals surface area (Å²) in [6, 6.07) is 0. The molecule has 1 N–H and O–H groups in total. The molecule has 0 saturated heterocycles. The van der Waals surface area contributed by atoms with Gasteiger partial charge in [-0.15, -0.1) is 0 Å². The van der Waals surface area contributed by atoms with Crippen molar-refractivity contribution >= 4 is 11.9 Å². The van der Waals surface area contributed by atoms with E-state index in [1.54, 1.807) is 18.5 Å². The average molecular weight is 289 g/mol. The first-order valence-corrected chi connectivity index (χ1v) is 6.75. The van der Waals surface area contributed by atoms with E-state index in [1.807, 2.05) is 20.2 Å². The largest absolute Gasteiger partial charge is 0.462 e. The molecule has 0 fully saturated rings. The van der Waals surface area contributed by atoms with Crippen LogP contribution in [0.4, 0.5) is 5.95 Å². The van der Waals surface area contributed by atoms with E-state index in [1.165, 1.54) is 6.20 Å². The van der Waals surface area contributed by atoms with Crippen molar-refractivity contribution in [3.63, 3.8) is 0 Å². The SMILES string of the molecule is CCOC(=O)c1cnc(NCc2cn(C)nc2C)nc1C. The zero-order chi connectivity index (χ0) is 15.4. The number of nitrogens with one attached hydrogen (secondary N) is 1. The maximum Gasteiger partial charge on any atom is 0.341 e. The molecule has 0 aliphatic heterocycles. The summed E-state index contributed by atoms with van der Waals surface area (Å²) < 4.78 is 6.71. The van der Waals surface area contributed by atoms with Crippen LogP contribution < -0.4 is 5.32 Å². The van der Waals surface area contributed by atoms with Crippen LogP contribution in [0.3, 0.4) is 0 Å². The molecule has 2 aromatic heterocycles. The molecule has 2 rings (SSSR count). The van der Waals surface area contributed by atoms with Crippen LogP contribution in [0.15, 0.2) is 12.4 Å². The highest BCUT2D eigenvalue weighted by molar-refractivity contribution is 5.90. The zero-order valence-electron chi connectivity index (χ0n) is 12.7. The molecule has 0 aromatic carbocycles. The lowest BCUT2D eigenvalue weighted by Crippen LogP contribution is -2.11. The van der Waals surface area contributed by atoms with Crippen molar-refractivity contribution in [1.82, 2.24) is 19.7 Å². The molecule has 0 atom stereocenters. The monoisotopic (exact) mass is 289 g/mol. The highest BCUT2D eigenvalue weighted by atomic mass is 16.5. The topological polar surface area (TPSA) is 81.9 Å². The molecule has 0 saturated carbocycles. The molecular weight excluding hydrogens is 270 g/mol. The molecule has 0 radical (unpaired) electrons. The number of aryl methyl sites for hydroxylation is 3. The van der Waals surface area contributed by atoms with Crippen molar-refractivity contribution < 1.29 is 9.53 Å². The van der Waals surface area contributed by atoms with Crippen molar-refractivity contribution in [1.29, 1.82) is 0 Å². The standard InChI is InChI=1S/C14H19N5O2/c1-5-21-13(20)12-7-16-14(17-10(12)3)15-6-11-8-19(4)18-9(11)2/h7-8H,5-6H2,1-4H3,(H,15,16,17). The minimum Gasteiger partial charge on any atom is -0.462 e. The van der Waals surface area contributed by atoms with Gasteiger partial charge >= 0.3 is 5.97 Å². The third-order valence-corrected chi connectivity index (χ3v) is 3.03. The Labute approximate surface area is 123 Å². The summed E-state index contributed by atoms with van der Waals surface area (Å²) in [5, 5.41) is 7.40. The van der Waals surface area contributed by atoms with Gasteiger partial charge in [-0.3, -0.25) is 4.68 Å². The van der Waals surface area contributed by atoms with Crippen molar-refractivity contribution in [2.24, 2.45) is 7.05 Å². The molecule has 0 aliphatic carbocycles. The summed E-state index contributed by atoms with van der Waals surface area (Å²) in [5.74, 6) is 0.0773. The van der Waals surface area contributed by atoms with Crippen molar-refractivity contribution in [2.75, 3.05) is 11.9 Å². The number of anilines is 1. The molecule has 7 heteroatoms. The van der Waals surface area contributed by atoms with E-state index in [9.17, 15) is 4.79 Å². The van der Waals surface area contributed by atoms with Gasteiger partial charge in [-0.25, -0.2) is 14.8 Å². The van der Waals surface area contributed by atoms with Crippen LogP contribution in [0, 0.1) is 13.8 Å². The van der Waals surface area contributed by atoms with Gasteiger partial charge in [0.1, 0.15) is 0 Å². The Kier molecular flexibility index (Phi) is 4.52. The Morgan fingerprint density at radius 3 is 2.71 bits per heavy atom. The molecule has 0 aliphatic rings. The Morgan fingerprint density at radius 2 is 2.14 bits per heavy atom. The summed E-state index contributed by atoms with van der Waals surface area (Å²) in [5.41, 5.74) is 3.02. The van der Waals surface area contributed by atoms with Crippen molar-refractivity contribution in [2.45, 2.75) is 27.3 Å². The third-order valence-electron chi connectivity index (χ3n) is 3.03. The number of hydrogen-bond donors (Lipinski definition) is 1. The van der Waals surface area contributed by atoms with Gasteiger partial charge in [0.05, 0.1) is 23.6 Å². The van der Waals surface area contributed by atoms with Gasteiger partial charge < -0.3 is 10.1 Å². The predicted molar refractivity (Wildman–Crippen MR) is 78.0 cm³/mol. The predicted octanol–water partition coefficient (Wildman–Crippen LogP) is 1.62. The number of nitrogens with zero attached hydrogens (tertiary/aromatic N) is 4. The molecule has 2 heterocycles. The van der Waals surface area contributed by atoms with E-state index in [0.29, 0.717) is 30.4 Å². The Bertz CT molecular complexity index is 651. The van der Waals surface area contributed by atoms with Crippen molar-refractivity contribution in [3.8, 4) is 0 Å². The van der Waals surface area contributed by atoms with E-state index in [2.05, 4.69) is 20.4 Å². The van der Waals surface area contributed by atoms with Crippen LogP contribution in [0.25, 0.3) is 0 Å². The van der Waals surface area contributed by atoms with Crippen LogP contribution in [-0.4, -0.2) is 32.3 Å². The lowest BCUT2D eigenvalue weighted by Gasteiger charge is -2.07. The lowest BCUT2D eigenvalue weighted by molar-refractivity contribution is 0.0524. The van der Waals surface area contributed by atoms with E-state index in [-0.39, 0.29) is 0 Å². The normalized spacial score (nSPS) is 10.5. The fraction of sp³-hybridized carbons (Fsp3) is 0.429. The van der Waals surface area contributed by atoms with Gasteiger partial charge in [-0.05, 0) is 20.8 Å². The Hall–Kier alpha value is -2.44. The second-order valence-corrected chi connectivity index (χ2v) is 4.68. The Balaban J connectivity index is 2.06. The quantitative estimate of drug-likeness (QED) is 0.842. The molecule has 0 unspecified atom stereocenters. The average Bonchev–Trinajstić information content (AvgIpc) is 2.75. The molecular formula is C14H19N5O2. The summed E-state index contributed by atoms with van der Waals surface area (Å²) in [7, 11) is 1.88. The van der Waals surface area contributed by atoms with Crippen LogP contribution in [0.1, 0.15) is 34.2 Å². The molecule has 112 valence electrons. The van der Waals surface area contributed by atoms with Crippen molar-refractivity contribution in [3.05, 3.63) is 34.9 Å². The number of aromatic nitrogens is 4. The second-order valence-electron chi connectivity index (χ2n) is 4.68. The zero-order valence-corrected chi connectivity index (χ0v) is 12.7. The fourth-order valence-electron chi connectivity index (χ4n) is 1.96.